The third-order valence-electron chi connectivity index (χ3n) is 5.02. The van der Waals surface area contributed by atoms with Gasteiger partial charge in [0.05, 0.1) is 12.7 Å². The third-order valence-corrected chi connectivity index (χ3v) is 6.72. The first-order valence-corrected chi connectivity index (χ1v) is 13.8. The standard InChI is InChI=1S/C23H28N4OSi/c1-29(2,3)14-13-28-18-26-12-10-22-21(9-11-24-23(22)26)20-15-25-27(17-20)16-19-7-5-4-6-8-19/h4-12,15,17H,13-14,16,18H2,1-3H3. The third kappa shape index (κ3) is 4.83. The molecule has 3 aromatic heterocycles. The lowest BCUT2D eigenvalue weighted by Gasteiger charge is -2.15. The lowest BCUT2D eigenvalue weighted by molar-refractivity contribution is 0.0899. The summed E-state index contributed by atoms with van der Waals surface area (Å²) in [6.45, 7) is 9.22. The van der Waals surface area contributed by atoms with E-state index in [4.69, 9.17) is 4.74 Å². The van der Waals surface area contributed by atoms with Gasteiger partial charge in [-0.1, -0.05) is 50.0 Å². The van der Waals surface area contributed by atoms with E-state index in [1.807, 2.05) is 23.1 Å². The van der Waals surface area contributed by atoms with E-state index in [1.165, 1.54) is 11.6 Å². The second-order valence-electron chi connectivity index (χ2n) is 8.64. The Balaban J connectivity index is 1.51. The van der Waals surface area contributed by atoms with Crippen molar-refractivity contribution in [3.05, 3.63) is 72.8 Å². The molecule has 0 amide bonds. The minimum absolute atomic E-state index is 0.539. The van der Waals surface area contributed by atoms with Crippen molar-refractivity contribution in [1.82, 2.24) is 19.3 Å². The van der Waals surface area contributed by atoms with E-state index in [-0.39, 0.29) is 0 Å². The Morgan fingerprint density at radius 1 is 1.03 bits per heavy atom. The number of aromatic nitrogens is 4. The van der Waals surface area contributed by atoms with Gasteiger partial charge in [-0.05, 0) is 29.3 Å². The van der Waals surface area contributed by atoms with Gasteiger partial charge in [0.25, 0.3) is 0 Å². The van der Waals surface area contributed by atoms with Gasteiger partial charge in [0, 0.05) is 44.2 Å². The van der Waals surface area contributed by atoms with Crippen molar-refractivity contribution in [3.8, 4) is 11.1 Å². The first-order chi connectivity index (χ1) is 14.0. The zero-order valence-electron chi connectivity index (χ0n) is 17.4. The molecule has 0 fully saturated rings. The van der Waals surface area contributed by atoms with Crippen LogP contribution < -0.4 is 0 Å². The molecule has 0 saturated heterocycles. The van der Waals surface area contributed by atoms with Crippen LogP contribution in [0.4, 0.5) is 0 Å². The maximum absolute atomic E-state index is 5.92. The van der Waals surface area contributed by atoms with Crippen molar-refractivity contribution in [3.63, 3.8) is 0 Å². The van der Waals surface area contributed by atoms with Crippen LogP contribution in [0, 0.1) is 0 Å². The molecular formula is C23H28N4OSi. The molecule has 3 heterocycles. The molecule has 0 unspecified atom stereocenters. The molecule has 4 aromatic rings. The monoisotopic (exact) mass is 404 g/mol. The number of pyridine rings is 1. The molecule has 29 heavy (non-hydrogen) atoms. The van der Waals surface area contributed by atoms with Gasteiger partial charge in [-0.3, -0.25) is 4.68 Å². The van der Waals surface area contributed by atoms with E-state index in [0.717, 1.165) is 35.3 Å². The summed E-state index contributed by atoms with van der Waals surface area (Å²) in [5.41, 5.74) is 4.44. The van der Waals surface area contributed by atoms with Crippen LogP contribution in [-0.2, 0) is 18.0 Å². The van der Waals surface area contributed by atoms with E-state index in [9.17, 15) is 0 Å². The zero-order chi connectivity index (χ0) is 20.3. The summed E-state index contributed by atoms with van der Waals surface area (Å²) < 4.78 is 9.98. The highest BCUT2D eigenvalue weighted by Gasteiger charge is 2.13. The van der Waals surface area contributed by atoms with Crippen molar-refractivity contribution in [2.24, 2.45) is 0 Å². The van der Waals surface area contributed by atoms with Gasteiger partial charge in [0.2, 0.25) is 0 Å². The predicted molar refractivity (Wildman–Crippen MR) is 121 cm³/mol. The summed E-state index contributed by atoms with van der Waals surface area (Å²) in [4.78, 5) is 4.59. The van der Waals surface area contributed by atoms with Gasteiger partial charge in [-0.25, -0.2) is 4.98 Å². The molecule has 0 atom stereocenters. The fourth-order valence-electron chi connectivity index (χ4n) is 3.35. The van der Waals surface area contributed by atoms with Crippen LogP contribution in [-0.4, -0.2) is 34.0 Å². The lowest BCUT2D eigenvalue weighted by Crippen LogP contribution is -2.22. The van der Waals surface area contributed by atoms with E-state index < -0.39 is 8.07 Å². The van der Waals surface area contributed by atoms with Crippen LogP contribution in [0.2, 0.25) is 25.7 Å². The number of fused-ring (bicyclic) bond motifs is 1. The number of rotatable bonds is 8. The minimum Gasteiger partial charge on any atom is -0.361 e. The maximum Gasteiger partial charge on any atom is 0.142 e. The quantitative estimate of drug-likeness (QED) is 0.297. The van der Waals surface area contributed by atoms with Crippen LogP contribution in [0.25, 0.3) is 22.2 Å². The molecule has 4 rings (SSSR count). The van der Waals surface area contributed by atoms with Gasteiger partial charge >= 0.3 is 0 Å². The predicted octanol–water partition coefficient (Wildman–Crippen LogP) is 5.26. The van der Waals surface area contributed by atoms with E-state index >= 15 is 0 Å². The molecule has 5 nitrogen and oxygen atoms in total. The highest BCUT2D eigenvalue weighted by Crippen LogP contribution is 2.28. The number of hydrogen-bond donors (Lipinski definition) is 0. The first kappa shape index (κ1) is 19.6. The van der Waals surface area contributed by atoms with E-state index in [1.54, 1.807) is 0 Å². The summed E-state index contributed by atoms with van der Waals surface area (Å²) in [5, 5.41) is 5.68. The average molecular weight is 405 g/mol. The van der Waals surface area contributed by atoms with Crippen LogP contribution in [0.5, 0.6) is 0 Å². The molecule has 150 valence electrons. The number of benzene rings is 1. The largest absolute Gasteiger partial charge is 0.361 e. The number of hydrogen-bond acceptors (Lipinski definition) is 3. The Bertz CT molecular complexity index is 1080. The van der Waals surface area contributed by atoms with Gasteiger partial charge in [0.15, 0.2) is 0 Å². The zero-order valence-corrected chi connectivity index (χ0v) is 18.4. The highest BCUT2D eigenvalue weighted by molar-refractivity contribution is 6.76. The molecular weight excluding hydrogens is 376 g/mol. The molecule has 0 radical (unpaired) electrons. The molecule has 0 saturated carbocycles. The Hall–Kier alpha value is -2.70. The molecule has 1 aromatic carbocycles. The Labute approximate surface area is 173 Å². The summed E-state index contributed by atoms with van der Waals surface area (Å²) >= 11 is 0. The maximum atomic E-state index is 5.92. The fraction of sp³-hybridized carbons (Fsp3) is 0.304. The Kier molecular flexibility index (Phi) is 5.64. The van der Waals surface area contributed by atoms with E-state index in [0.29, 0.717) is 6.73 Å². The molecule has 0 aliphatic rings. The molecule has 0 aliphatic heterocycles. The van der Waals surface area contributed by atoms with Gasteiger partial charge in [-0.2, -0.15) is 5.10 Å². The summed E-state index contributed by atoms with van der Waals surface area (Å²) in [5.74, 6) is 0. The number of nitrogens with zero attached hydrogens (tertiary/aromatic N) is 4. The SMILES string of the molecule is C[Si](C)(C)CCOCn1ccc2c(-c3cnn(Cc4ccccc4)c3)ccnc21. The second-order valence-corrected chi connectivity index (χ2v) is 14.3. The normalized spacial score (nSPS) is 12.0. The second kappa shape index (κ2) is 8.35. The summed E-state index contributed by atoms with van der Waals surface area (Å²) in [6, 6.07) is 15.7. The van der Waals surface area contributed by atoms with Crippen molar-refractivity contribution in [1.29, 1.82) is 0 Å². The Morgan fingerprint density at radius 2 is 1.86 bits per heavy atom. The molecule has 6 heteroatoms. The van der Waals surface area contributed by atoms with Crippen LogP contribution in [0.1, 0.15) is 5.56 Å². The average Bonchev–Trinajstić information content (AvgIpc) is 3.32. The van der Waals surface area contributed by atoms with Crippen LogP contribution >= 0.6 is 0 Å². The lowest BCUT2D eigenvalue weighted by atomic mass is 10.1. The van der Waals surface area contributed by atoms with Crippen molar-refractivity contribution < 1.29 is 4.74 Å². The summed E-state index contributed by atoms with van der Waals surface area (Å²) in [7, 11) is -1.07. The van der Waals surface area contributed by atoms with Gasteiger partial charge in [-0.15, -0.1) is 0 Å². The first-order valence-electron chi connectivity index (χ1n) is 10.1. The van der Waals surface area contributed by atoms with Gasteiger partial charge < -0.3 is 9.30 Å². The fourth-order valence-corrected chi connectivity index (χ4v) is 4.10. The smallest absolute Gasteiger partial charge is 0.142 e. The van der Waals surface area contributed by atoms with Crippen molar-refractivity contribution >= 4 is 19.1 Å². The Morgan fingerprint density at radius 3 is 2.66 bits per heavy atom. The topological polar surface area (TPSA) is 44.9 Å². The van der Waals surface area contributed by atoms with E-state index in [2.05, 4.69) is 83.1 Å². The van der Waals surface area contributed by atoms with Crippen LogP contribution in [0.15, 0.2) is 67.3 Å². The minimum atomic E-state index is -1.07. The number of ether oxygens (including phenoxy) is 1. The summed E-state index contributed by atoms with van der Waals surface area (Å²) in [6.07, 6.45) is 7.96. The van der Waals surface area contributed by atoms with Gasteiger partial charge in [0.1, 0.15) is 12.4 Å². The molecule has 0 aliphatic carbocycles. The molecule has 0 spiro atoms. The highest BCUT2D eigenvalue weighted by atomic mass is 28.3. The van der Waals surface area contributed by atoms with Crippen molar-refractivity contribution in [2.45, 2.75) is 39.0 Å². The van der Waals surface area contributed by atoms with Crippen molar-refractivity contribution in [2.75, 3.05) is 6.61 Å². The molecule has 0 N–H and O–H groups in total. The van der Waals surface area contributed by atoms with Crippen LogP contribution in [0.3, 0.4) is 0 Å². The molecule has 0 bridgehead atoms.